The normalized spacial score (nSPS) is 12.5. The summed E-state index contributed by atoms with van der Waals surface area (Å²) in [5.41, 5.74) is 1.64. The van der Waals surface area contributed by atoms with Crippen molar-refractivity contribution in [1.29, 1.82) is 0 Å². The number of hydrogen-bond donors (Lipinski definition) is 2. The van der Waals surface area contributed by atoms with E-state index in [1.165, 1.54) is 11.3 Å². The summed E-state index contributed by atoms with van der Waals surface area (Å²) in [5.74, 6) is -0.469. The number of benzene rings is 1. The molecule has 23 heavy (non-hydrogen) atoms. The maximum absolute atomic E-state index is 11.4. The Bertz CT molecular complexity index is 697. The third kappa shape index (κ3) is 5.26. The zero-order valence-electron chi connectivity index (χ0n) is 11.5. The number of nitrogens with one attached hydrogen (secondary N) is 2. The Morgan fingerprint density at radius 2 is 1.96 bits per heavy atom. The summed E-state index contributed by atoms with van der Waals surface area (Å²) in [7, 11) is 0. The molecule has 2 N–H and O–H groups in total. The molecule has 0 bridgehead atoms. The second kappa shape index (κ2) is 7.73. The maximum Gasteiger partial charge on any atom is 0.245 e. The van der Waals surface area contributed by atoms with Crippen molar-refractivity contribution in [3.05, 3.63) is 47.3 Å². The highest BCUT2D eigenvalue weighted by Gasteiger charge is 2.34. The third-order valence-electron chi connectivity index (χ3n) is 2.71. The van der Waals surface area contributed by atoms with Crippen LogP contribution in [0.1, 0.15) is 0 Å². The van der Waals surface area contributed by atoms with Crippen molar-refractivity contribution >= 4 is 68.8 Å². The number of alkyl halides is 3. The number of halogens is 4. The minimum atomic E-state index is -1.76. The minimum Gasteiger partial charge on any atom is -0.338 e. The largest absolute Gasteiger partial charge is 0.338 e. The van der Waals surface area contributed by atoms with Crippen LogP contribution in [0, 0.1) is 0 Å². The topological polar surface area (TPSA) is 54.0 Å². The number of hydrogen-bond acceptors (Lipinski definition) is 4. The predicted octanol–water partition coefficient (Wildman–Crippen LogP) is 4.87. The fraction of sp³-hybridized carbons (Fsp3) is 0.143. The van der Waals surface area contributed by atoms with Gasteiger partial charge in [-0.25, -0.2) is 4.98 Å². The van der Waals surface area contributed by atoms with Gasteiger partial charge in [-0.2, -0.15) is 0 Å². The Balaban J connectivity index is 2.16. The Morgan fingerprint density at radius 1 is 1.30 bits per heavy atom. The van der Waals surface area contributed by atoms with Gasteiger partial charge in [0.25, 0.3) is 0 Å². The number of thiazole rings is 1. The van der Waals surface area contributed by atoms with Crippen LogP contribution in [0.25, 0.3) is 11.3 Å². The number of carbonyl (C=O) groups is 1. The average Bonchev–Trinajstić information content (AvgIpc) is 2.95. The monoisotopic (exact) mass is 409 g/mol. The first-order valence-corrected chi connectivity index (χ1v) is 8.66. The van der Waals surface area contributed by atoms with E-state index in [1.54, 1.807) is 12.1 Å². The number of carbonyl (C=O) groups excluding carboxylic acids is 1. The van der Waals surface area contributed by atoms with Crippen molar-refractivity contribution in [3.63, 3.8) is 0 Å². The SMILES string of the molecule is C=CC(=O)NC(Nc1nc(-c2ccc(Cl)cc2)cs1)C(Cl)(Cl)Cl. The molecule has 9 heteroatoms. The van der Waals surface area contributed by atoms with Gasteiger partial charge in [0.05, 0.1) is 5.69 Å². The molecular weight excluding hydrogens is 400 g/mol. The van der Waals surface area contributed by atoms with Gasteiger partial charge >= 0.3 is 0 Å². The first-order chi connectivity index (χ1) is 10.8. The van der Waals surface area contributed by atoms with Crippen molar-refractivity contribution in [3.8, 4) is 11.3 Å². The second-order valence-electron chi connectivity index (χ2n) is 4.38. The number of anilines is 1. The number of aromatic nitrogens is 1. The second-order valence-corrected chi connectivity index (χ2v) is 8.04. The molecule has 0 aliphatic carbocycles. The van der Waals surface area contributed by atoms with Crippen LogP contribution in [0.2, 0.25) is 5.02 Å². The van der Waals surface area contributed by atoms with E-state index in [0.717, 1.165) is 17.3 Å². The molecule has 0 aliphatic rings. The summed E-state index contributed by atoms with van der Waals surface area (Å²) in [4.78, 5) is 15.9. The highest BCUT2D eigenvalue weighted by Crippen LogP contribution is 2.33. The number of rotatable bonds is 5. The van der Waals surface area contributed by atoms with Crippen LogP contribution in [-0.4, -0.2) is 20.8 Å². The first-order valence-electron chi connectivity index (χ1n) is 6.27. The molecule has 0 aliphatic heterocycles. The van der Waals surface area contributed by atoms with Crippen molar-refractivity contribution in [2.24, 2.45) is 0 Å². The molecule has 2 aromatic rings. The summed E-state index contributed by atoms with van der Waals surface area (Å²) >= 11 is 24.8. The summed E-state index contributed by atoms with van der Waals surface area (Å²) in [6, 6.07) is 7.26. The zero-order chi connectivity index (χ0) is 17.0. The van der Waals surface area contributed by atoms with E-state index >= 15 is 0 Å². The van der Waals surface area contributed by atoms with E-state index < -0.39 is 15.9 Å². The van der Waals surface area contributed by atoms with Gasteiger partial charge in [-0.05, 0) is 18.2 Å². The lowest BCUT2D eigenvalue weighted by atomic mass is 10.2. The molecule has 0 spiro atoms. The molecule has 0 saturated heterocycles. The minimum absolute atomic E-state index is 0.469. The summed E-state index contributed by atoms with van der Waals surface area (Å²) in [6.07, 6.45) is 0.133. The third-order valence-corrected chi connectivity index (χ3v) is 4.39. The smallest absolute Gasteiger partial charge is 0.245 e. The van der Waals surface area contributed by atoms with Crippen molar-refractivity contribution in [2.45, 2.75) is 9.96 Å². The Kier molecular flexibility index (Phi) is 6.17. The highest BCUT2D eigenvalue weighted by atomic mass is 35.6. The summed E-state index contributed by atoms with van der Waals surface area (Å²) in [6.45, 7) is 3.36. The van der Waals surface area contributed by atoms with Gasteiger partial charge < -0.3 is 10.6 Å². The Morgan fingerprint density at radius 3 is 2.52 bits per heavy atom. The van der Waals surface area contributed by atoms with Gasteiger partial charge in [0.1, 0.15) is 6.17 Å². The van der Waals surface area contributed by atoms with Crippen LogP contribution >= 0.6 is 57.7 Å². The van der Waals surface area contributed by atoms with E-state index in [4.69, 9.17) is 46.4 Å². The molecule has 0 saturated carbocycles. The number of amides is 1. The van der Waals surface area contributed by atoms with Gasteiger partial charge in [-0.15, -0.1) is 11.3 Å². The molecule has 2 rings (SSSR count). The quantitative estimate of drug-likeness (QED) is 0.419. The van der Waals surface area contributed by atoms with Crippen LogP contribution < -0.4 is 10.6 Å². The van der Waals surface area contributed by atoms with Gasteiger partial charge in [-0.3, -0.25) is 4.79 Å². The Hall–Kier alpha value is -0.980. The van der Waals surface area contributed by atoms with Gasteiger partial charge in [0.15, 0.2) is 5.13 Å². The van der Waals surface area contributed by atoms with E-state index in [1.807, 2.05) is 17.5 Å². The summed E-state index contributed by atoms with van der Waals surface area (Å²) in [5, 5.41) is 8.37. The fourth-order valence-electron chi connectivity index (χ4n) is 1.62. The van der Waals surface area contributed by atoms with Crippen LogP contribution in [-0.2, 0) is 4.79 Å². The molecule has 1 heterocycles. The first kappa shape index (κ1) is 18.4. The molecule has 1 amide bonds. The van der Waals surface area contributed by atoms with Crippen molar-refractivity contribution in [2.75, 3.05) is 5.32 Å². The molecule has 0 fully saturated rings. The Labute approximate surface area is 157 Å². The molecule has 1 aromatic heterocycles. The lowest BCUT2D eigenvalue weighted by Gasteiger charge is -2.25. The van der Waals surface area contributed by atoms with Gasteiger partial charge in [0, 0.05) is 16.0 Å². The molecular formula is C14H11Cl4N3OS. The molecule has 0 radical (unpaired) electrons. The van der Waals surface area contributed by atoms with Gasteiger partial charge in [-0.1, -0.05) is 65.1 Å². The molecule has 1 atom stereocenters. The number of nitrogens with zero attached hydrogens (tertiary/aromatic N) is 1. The van der Waals surface area contributed by atoms with E-state index in [2.05, 4.69) is 22.2 Å². The lowest BCUT2D eigenvalue weighted by molar-refractivity contribution is -0.116. The van der Waals surface area contributed by atoms with Crippen LogP contribution in [0.5, 0.6) is 0 Å². The van der Waals surface area contributed by atoms with E-state index in [-0.39, 0.29) is 0 Å². The van der Waals surface area contributed by atoms with Crippen LogP contribution in [0.4, 0.5) is 5.13 Å². The van der Waals surface area contributed by atoms with E-state index in [0.29, 0.717) is 10.2 Å². The zero-order valence-corrected chi connectivity index (χ0v) is 15.4. The maximum atomic E-state index is 11.4. The molecule has 122 valence electrons. The highest BCUT2D eigenvalue weighted by molar-refractivity contribution is 7.14. The summed E-state index contributed by atoms with van der Waals surface area (Å²) < 4.78 is -1.76. The standard InChI is InChI=1S/C14H11Cl4N3OS/c1-2-11(22)20-12(14(16,17)18)21-13-19-10(7-23-13)8-3-5-9(15)6-4-8/h2-7,12H,1H2,(H,19,21)(H,20,22). The average molecular weight is 411 g/mol. The van der Waals surface area contributed by atoms with E-state index in [9.17, 15) is 4.79 Å². The van der Waals surface area contributed by atoms with Crippen LogP contribution in [0.15, 0.2) is 42.3 Å². The fourth-order valence-corrected chi connectivity index (χ4v) is 2.82. The lowest BCUT2D eigenvalue weighted by Crippen LogP contribution is -2.48. The molecule has 1 unspecified atom stereocenters. The predicted molar refractivity (Wildman–Crippen MR) is 98.6 cm³/mol. The van der Waals surface area contributed by atoms with Crippen molar-refractivity contribution in [1.82, 2.24) is 10.3 Å². The molecule has 4 nitrogen and oxygen atoms in total. The molecule has 1 aromatic carbocycles. The van der Waals surface area contributed by atoms with Crippen LogP contribution in [0.3, 0.4) is 0 Å². The van der Waals surface area contributed by atoms with Crippen molar-refractivity contribution < 1.29 is 4.79 Å². The van der Waals surface area contributed by atoms with Gasteiger partial charge in [0.2, 0.25) is 9.70 Å².